The molecule has 0 saturated heterocycles. The molecule has 10 heteroatoms. The number of nitrogens with zero attached hydrogens (tertiary/aromatic N) is 3. The number of aromatic nitrogens is 2. The number of para-hydroxylation sites is 1. The molecule has 3 N–H and O–H groups in total. The van der Waals surface area contributed by atoms with Crippen molar-refractivity contribution in [1.29, 1.82) is 0 Å². The molecule has 190 valence electrons. The van der Waals surface area contributed by atoms with Gasteiger partial charge in [-0.25, -0.2) is 4.79 Å². The Morgan fingerprint density at radius 3 is 2.58 bits per heavy atom. The average molecular weight is 494 g/mol. The van der Waals surface area contributed by atoms with Gasteiger partial charge in [0, 0.05) is 24.6 Å². The molecule has 10 nitrogen and oxygen atoms in total. The summed E-state index contributed by atoms with van der Waals surface area (Å²) in [5, 5.41) is 3.37. The summed E-state index contributed by atoms with van der Waals surface area (Å²) in [6, 6.07) is 11.3. The highest BCUT2D eigenvalue weighted by Gasteiger charge is 2.37. The summed E-state index contributed by atoms with van der Waals surface area (Å²) in [6.07, 6.45) is 2.65. The summed E-state index contributed by atoms with van der Waals surface area (Å²) >= 11 is 0. The lowest BCUT2D eigenvalue weighted by Crippen LogP contribution is -2.43. The van der Waals surface area contributed by atoms with Crippen LogP contribution in [0.2, 0.25) is 0 Å². The highest BCUT2D eigenvalue weighted by Crippen LogP contribution is 2.42. The molecule has 4 rings (SSSR count). The predicted molar refractivity (Wildman–Crippen MR) is 136 cm³/mol. The van der Waals surface area contributed by atoms with Crippen LogP contribution in [0.1, 0.15) is 36.8 Å². The van der Waals surface area contributed by atoms with Crippen LogP contribution < -0.4 is 15.9 Å². The summed E-state index contributed by atoms with van der Waals surface area (Å²) in [5.74, 6) is 6.87. The fourth-order valence-corrected chi connectivity index (χ4v) is 4.02. The zero-order chi connectivity index (χ0) is 25.9. The summed E-state index contributed by atoms with van der Waals surface area (Å²) in [7, 11) is 1.59. The number of pyridine rings is 1. The summed E-state index contributed by atoms with van der Waals surface area (Å²) in [6.45, 7) is 6.04. The lowest BCUT2D eigenvalue weighted by Gasteiger charge is -2.29. The van der Waals surface area contributed by atoms with Gasteiger partial charge in [0.2, 0.25) is 0 Å². The number of amides is 1. The molecule has 1 amide bonds. The lowest BCUT2D eigenvalue weighted by molar-refractivity contribution is 0.0216. The van der Waals surface area contributed by atoms with E-state index in [4.69, 9.17) is 20.1 Å². The molecule has 0 spiro atoms. The third-order valence-electron chi connectivity index (χ3n) is 5.54. The van der Waals surface area contributed by atoms with Gasteiger partial charge in [-0.05, 0) is 39.0 Å². The molecule has 1 aromatic carbocycles. The largest absolute Gasteiger partial charge is 0.489 e. The Hall–Kier alpha value is -4.05. The van der Waals surface area contributed by atoms with Crippen LogP contribution in [-0.2, 0) is 16.0 Å². The van der Waals surface area contributed by atoms with E-state index in [2.05, 4.69) is 10.3 Å². The van der Waals surface area contributed by atoms with Crippen LogP contribution in [0.25, 0.3) is 11.3 Å². The minimum atomic E-state index is -0.693. The van der Waals surface area contributed by atoms with Gasteiger partial charge < -0.3 is 25.4 Å². The number of ketones is 1. The Labute approximate surface area is 209 Å². The molecule has 0 fully saturated rings. The molecule has 0 aliphatic carbocycles. The molecule has 1 aliphatic heterocycles. The molecule has 3 heterocycles. The van der Waals surface area contributed by atoms with E-state index < -0.39 is 11.7 Å². The fourth-order valence-electron chi connectivity index (χ4n) is 4.02. The zero-order valence-corrected chi connectivity index (χ0v) is 20.9. The van der Waals surface area contributed by atoms with Crippen molar-refractivity contribution in [3.8, 4) is 17.0 Å². The van der Waals surface area contributed by atoms with E-state index in [0.717, 1.165) is 5.69 Å². The number of anilines is 2. The number of benzene rings is 1. The maximum atomic E-state index is 13.5. The second kappa shape index (κ2) is 10.3. The minimum Gasteiger partial charge on any atom is -0.489 e. The zero-order valence-electron chi connectivity index (χ0n) is 20.9. The molecule has 0 bridgehead atoms. The Morgan fingerprint density at radius 2 is 1.89 bits per heavy atom. The molecule has 3 aromatic rings. The van der Waals surface area contributed by atoms with Crippen LogP contribution >= 0.6 is 0 Å². The lowest BCUT2D eigenvalue weighted by atomic mass is 10.0. The van der Waals surface area contributed by atoms with Gasteiger partial charge in [-0.3, -0.25) is 19.4 Å². The first-order chi connectivity index (χ1) is 17.2. The second-order valence-corrected chi connectivity index (χ2v) is 9.38. The topological polar surface area (TPSA) is 121 Å². The summed E-state index contributed by atoms with van der Waals surface area (Å²) < 4.78 is 18.0. The standard InChI is InChI=1S/C26H31N5O5/c1-26(2,3)36-25(33)30-15-19-22(20(32)16-30)23(29-17-8-6-5-7-9-17)24(31(19)27)18-10-11-28-14-21(18)35-13-12-34-4/h5-11,14,29H,12-13,15-16,27H2,1-4H3. The van der Waals surface area contributed by atoms with Crippen molar-refractivity contribution in [3.63, 3.8) is 0 Å². The molecule has 2 aromatic heterocycles. The molecule has 0 unspecified atom stereocenters. The quantitative estimate of drug-likeness (QED) is 0.375. The van der Waals surface area contributed by atoms with Gasteiger partial charge in [-0.1, -0.05) is 18.2 Å². The number of carbonyl (C=O) groups excluding carboxylic acids is 2. The third kappa shape index (κ3) is 5.28. The van der Waals surface area contributed by atoms with E-state index in [1.807, 2.05) is 30.3 Å². The van der Waals surface area contributed by atoms with Gasteiger partial charge in [0.25, 0.3) is 0 Å². The van der Waals surface area contributed by atoms with Gasteiger partial charge in [-0.15, -0.1) is 0 Å². The normalized spacial score (nSPS) is 13.3. The predicted octanol–water partition coefficient (Wildman–Crippen LogP) is 3.97. The first-order valence-corrected chi connectivity index (χ1v) is 11.6. The molecule has 36 heavy (non-hydrogen) atoms. The number of rotatable bonds is 7. The van der Waals surface area contributed by atoms with Crippen LogP contribution in [-0.4, -0.2) is 58.9 Å². The highest BCUT2D eigenvalue weighted by molar-refractivity contribution is 6.09. The fraction of sp³-hybridized carbons (Fsp3) is 0.346. The van der Waals surface area contributed by atoms with Crippen LogP contribution in [0, 0.1) is 0 Å². The third-order valence-corrected chi connectivity index (χ3v) is 5.54. The van der Waals surface area contributed by atoms with Gasteiger partial charge in [0.1, 0.15) is 18.0 Å². The summed E-state index contributed by atoms with van der Waals surface area (Å²) in [5.41, 5.74) is 2.73. The number of ether oxygens (including phenoxy) is 3. The number of nitrogens with two attached hydrogens (primary N) is 1. The first kappa shape index (κ1) is 25.1. The molecular weight excluding hydrogens is 462 g/mol. The number of nitrogen functional groups attached to an aromatic ring is 1. The number of nitrogens with one attached hydrogen (secondary N) is 1. The van der Waals surface area contributed by atoms with Crippen molar-refractivity contribution in [3.05, 3.63) is 60.0 Å². The van der Waals surface area contributed by atoms with Gasteiger partial charge in [0.05, 0.1) is 48.5 Å². The van der Waals surface area contributed by atoms with Gasteiger partial charge in [0.15, 0.2) is 5.78 Å². The Bertz CT molecular complexity index is 1250. The number of Topliss-reactive ketones (excluding diaryl/α,β-unsaturated/α-hetero) is 1. The molecule has 0 saturated carbocycles. The van der Waals surface area contributed by atoms with Crippen molar-refractivity contribution in [1.82, 2.24) is 14.6 Å². The van der Waals surface area contributed by atoms with E-state index >= 15 is 0 Å². The van der Waals surface area contributed by atoms with Crippen LogP contribution in [0.4, 0.5) is 16.2 Å². The molecule has 1 aliphatic rings. The highest BCUT2D eigenvalue weighted by atomic mass is 16.6. The number of hydrogen-bond donors (Lipinski definition) is 2. The smallest absolute Gasteiger partial charge is 0.411 e. The number of fused-ring (bicyclic) bond motifs is 1. The van der Waals surface area contributed by atoms with E-state index in [0.29, 0.717) is 47.2 Å². The molecule has 0 radical (unpaired) electrons. The number of hydrogen-bond acceptors (Lipinski definition) is 8. The Balaban J connectivity index is 1.82. The average Bonchev–Trinajstić information content (AvgIpc) is 3.11. The SMILES string of the molecule is COCCOc1cnccc1-c1c(Nc2ccccc2)c2c(n1N)CN(C(=O)OC(C)(C)C)CC2=O. The van der Waals surface area contributed by atoms with Crippen LogP contribution in [0.5, 0.6) is 5.75 Å². The van der Waals surface area contributed by atoms with Crippen molar-refractivity contribution in [2.75, 3.05) is 38.0 Å². The van der Waals surface area contributed by atoms with Crippen molar-refractivity contribution < 1.29 is 23.8 Å². The van der Waals surface area contributed by atoms with Crippen molar-refractivity contribution in [2.45, 2.75) is 32.9 Å². The Morgan fingerprint density at radius 1 is 1.14 bits per heavy atom. The van der Waals surface area contributed by atoms with E-state index in [1.54, 1.807) is 46.3 Å². The van der Waals surface area contributed by atoms with Gasteiger partial charge in [-0.2, -0.15) is 0 Å². The first-order valence-electron chi connectivity index (χ1n) is 11.6. The maximum Gasteiger partial charge on any atom is 0.411 e. The van der Waals surface area contributed by atoms with Gasteiger partial charge >= 0.3 is 6.09 Å². The molecule has 0 atom stereocenters. The minimum absolute atomic E-state index is 0.112. The number of carbonyl (C=O) groups is 2. The van der Waals surface area contributed by atoms with E-state index in [9.17, 15) is 9.59 Å². The molecular formula is C26H31N5O5. The van der Waals surface area contributed by atoms with Crippen LogP contribution in [0.15, 0.2) is 48.8 Å². The van der Waals surface area contributed by atoms with Crippen LogP contribution in [0.3, 0.4) is 0 Å². The van der Waals surface area contributed by atoms with E-state index in [-0.39, 0.29) is 18.9 Å². The second-order valence-electron chi connectivity index (χ2n) is 9.38. The summed E-state index contributed by atoms with van der Waals surface area (Å²) in [4.78, 5) is 31.8. The van der Waals surface area contributed by atoms with Crippen molar-refractivity contribution in [2.24, 2.45) is 0 Å². The van der Waals surface area contributed by atoms with E-state index in [1.165, 1.54) is 9.58 Å². The Kier molecular flexibility index (Phi) is 7.16. The van der Waals surface area contributed by atoms with Crippen molar-refractivity contribution >= 4 is 23.3 Å². The number of methoxy groups -OCH3 is 1. The maximum absolute atomic E-state index is 13.5. The monoisotopic (exact) mass is 493 g/mol.